The van der Waals surface area contributed by atoms with Crippen LogP contribution in [0.4, 0.5) is 5.95 Å². The molecule has 5 nitrogen and oxygen atoms in total. The summed E-state index contributed by atoms with van der Waals surface area (Å²) >= 11 is 0. The Morgan fingerprint density at radius 3 is 2.71 bits per heavy atom. The Kier molecular flexibility index (Phi) is 3.28. The van der Waals surface area contributed by atoms with Gasteiger partial charge in [-0.2, -0.15) is 4.98 Å². The highest BCUT2D eigenvalue weighted by atomic mass is 15.4. The topological polar surface area (TPSA) is 68.2 Å². The SMILES string of the molecule is CCC(CC)(CN)Nc1nc2ccccn2n1. The summed E-state index contributed by atoms with van der Waals surface area (Å²) in [6.45, 7) is 4.83. The van der Waals surface area contributed by atoms with Gasteiger partial charge < -0.3 is 11.1 Å². The molecular weight excluding hydrogens is 214 g/mol. The van der Waals surface area contributed by atoms with E-state index in [4.69, 9.17) is 5.73 Å². The fourth-order valence-corrected chi connectivity index (χ4v) is 1.89. The van der Waals surface area contributed by atoms with E-state index in [9.17, 15) is 0 Å². The van der Waals surface area contributed by atoms with Crippen LogP contribution in [-0.2, 0) is 0 Å². The molecule has 2 rings (SSSR count). The Balaban J connectivity index is 2.28. The minimum absolute atomic E-state index is 0.106. The van der Waals surface area contributed by atoms with E-state index >= 15 is 0 Å². The van der Waals surface area contributed by atoms with Crippen LogP contribution < -0.4 is 11.1 Å². The molecule has 0 spiro atoms. The number of fused-ring (bicyclic) bond motifs is 1. The molecule has 0 unspecified atom stereocenters. The van der Waals surface area contributed by atoms with Gasteiger partial charge in [-0.3, -0.25) is 0 Å². The average Bonchev–Trinajstić information content (AvgIpc) is 2.78. The first-order valence-corrected chi connectivity index (χ1v) is 6.02. The highest BCUT2D eigenvalue weighted by molar-refractivity contribution is 5.44. The summed E-state index contributed by atoms with van der Waals surface area (Å²) in [5.41, 5.74) is 6.58. The van der Waals surface area contributed by atoms with Crippen LogP contribution >= 0.6 is 0 Å². The molecule has 0 aliphatic heterocycles. The second-order valence-electron chi connectivity index (χ2n) is 4.26. The molecule has 0 fully saturated rings. The summed E-state index contributed by atoms with van der Waals surface area (Å²) in [6, 6.07) is 5.81. The van der Waals surface area contributed by atoms with E-state index in [0.717, 1.165) is 18.5 Å². The second kappa shape index (κ2) is 4.71. The Morgan fingerprint density at radius 2 is 2.12 bits per heavy atom. The van der Waals surface area contributed by atoms with Crippen molar-refractivity contribution < 1.29 is 0 Å². The molecule has 5 heteroatoms. The molecule has 0 aliphatic rings. The summed E-state index contributed by atoms with van der Waals surface area (Å²) in [7, 11) is 0. The van der Waals surface area contributed by atoms with Gasteiger partial charge in [-0.15, -0.1) is 5.10 Å². The molecular formula is C12H19N5. The highest BCUT2D eigenvalue weighted by Crippen LogP contribution is 2.19. The van der Waals surface area contributed by atoms with Gasteiger partial charge in [-0.1, -0.05) is 19.9 Å². The molecule has 0 radical (unpaired) electrons. The summed E-state index contributed by atoms with van der Waals surface area (Å²) in [6.07, 6.45) is 3.79. The quantitative estimate of drug-likeness (QED) is 0.824. The molecule has 0 saturated carbocycles. The fourth-order valence-electron chi connectivity index (χ4n) is 1.89. The summed E-state index contributed by atoms with van der Waals surface area (Å²) in [4.78, 5) is 4.43. The molecule has 0 atom stereocenters. The van der Waals surface area contributed by atoms with Gasteiger partial charge in [0.05, 0.1) is 5.54 Å². The van der Waals surface area contributed by atoms with Crippen LogP contribution in [0, 0.1) is 0 Å². The van der Waals surface area contributed by atoms with E-state index < -0.39 is 0 Å². The number of anilines is 1. The lowest BCUT2D eigenvalue weighted by molar-refractivity contribution is 0.442. The smallest absolute Gasteiger partial charge is 0.243 e. The molecule has 3 N–H and O–H groups in total. The van der Waals surface area contributed by atoms with Crippen LogP contribution in [0.1, 0.15) is 26.7 Å². The van der Waals surface area contributed by atoms with Gasteiger partial charge in [-0.25, -0.2) is 4.52 Å². The number of nitrogens with two attached hydrogens (primary N) is 1. The standard InChI is InChI=1S/C12H19N5/c1-3-12(4-2,9-13)15-11-14-10-7-5-6-8-17(10)16-11/h5-8H,3-4,9,13H2,1-2H3,(H,15,16). The van der Waals surface area contributed by atoms with Crippen molar-refractivity contribution in [2.24, 2.45) is 5.73 Å². The molecule has 0 aromatic carbocycles. The molecule has 2 aromatic heterocycles. The number of hydrogen-bond donors (Lipinski definition) is 2. The van der Waals surface area contributed by atoms with E-state index in [0.29, 0.717) is 12.5 Å². The van der Waals surface area contributed by atoms with Crippen molar-refractivity contribution in [2.45, 2.75) is 32.2 Å². The van der Waals surface area contributed by atoms with Gasteiger partial charge in [0.25, 0.3) is 0 Å². The lowest BCUT2D eigenvalue weighted by atomic mass is 9.93. The van der Waals surface area contributed by atoms with E-state index in [1.807, 2.05) is 24.4 Å². The van der Waals surface area contributed by atoms with Gasteiger partial charge in [0.2, 0.25) is 5.95 Å². The van der Waals surface area contributed by atoms with Crippen LogP contribution in [0.15, 0.2) is 24.4 Å². The van der Waals surface area contributed by atoms with Crippen molar-refractivity contribution in [3.63, 3.8) is 0 Å². The molecule has 0 amide bonds. The Morgan fingerprint density at radius 1 is 1.35 bits per heavy atom. The van der Waals surface area contributed by atoms with E-state index in [-0.39, 0.29) is 5.54 Å². The summed E-state index contributed by atoms with van der Waals surface area (Å²) < 4.78 is 1.76. The molecule has 2 heterocycles. The van der Waals surface area contributed by atoms with Gasteiger partial charge >= 0.3 is 0 Å². The van der Waals surface area contributed by atoms with E-state index in [2.05, 4.69) is 29.2 Å². The molecule has 2 aromatic rings. The summed E-state index contributed by atoms with van der Waals surface area (Å²) in [5, 5.41) is 7.74. The van der Waals surface area contributed by atoms with Crippen molar-refractivity contribution in [3.8, 4) is 0 Å². The zero-order valence-electron chi connectivity index (χ0n) is 10.3. The first kappa shape index (κ1) is 11.9. The zero-order valence-corrected chi connectivity index (χ0v) is 10.3. The maximum absolute atomic E-state index is 5.85. The number of rotatable bonds is 5. The van der Waals surface area contributed by atoms with Crippen LogP contribution in [-0.4, -0.2) is 26.7 Å². The third-order valence-electron chi connectivity index (χ3n) is 3.36. The monoisotopic (exact) mass is 233 g/mol. The van der Waals surface area contributed by atoms with Gasteiger partial charge in [0.15, 0.2) is 5.65 Å². The zero-order chi connectivity index (χ0) is 12.3. The lowest BCUT2D eigenvalue weighted by Crippen LogP contribution is -2.44. The largest absolute Gasteiger partial charge is 0.346 e. The third kappa shape index (κ3) is 2.24. The number of nitrogens with zero attached hydrogens (tertiary/aromatic N) is 3. The van der Waals surface area contributed by atoms with Crippen LogP contribution in [0.3, 0.4) is 0 Å². The second-order valence-corrected chi connectivity index (χ2v) is 4.26. The number of aromatic nitrogens is 3. The molecule has 0 saturated heterocycles. The first-order valence-electron chi connectivity index (χ1n) is 6.02. The van der Waals surface area contributed by atoms with Crippen molar-refractivity contribution >= 4 is 11.6 Å². The van der Waals surface area contributed by atoms with Crippen LogP contribution in [0.2, 0.25) is 0 Å². The predicted octanol–water partition coefficient (Wildman–Crippen LogP) is 1.66. The lowest BCUT2D eigenvalue weighted by Gasteiger charge is -2.30. The van der Waals surface area contributed by atoms with Crippen molar-refractivity contribution in [3.05, 3.63) is 24.4 Å². The minimum Gasteiger partial charge on any atom is -0.346 e. The maximum atomic E-state index is 5.85. The molecule has 92 valence electrons. The Labute approximate surface area is 101 Å². The first-order chi connectivity index (χ1) is 8.23. The van der Waals surface area contributed by atoms with E-state index in [1.165, 1.54) is 0 Å². The van der Waals surface area contributed by atoms with Gasteiger partial charge in [-0.05, 0) is 25.0 Å². The normalized spacial score (nSPS) is 11.9. The van der Waals surface area contributed by atoms with Crippen LogP contribution in [0.5, 0.6) is 0 Å². The van der Waals surface area contributed by atoms with E-state index in [1.54, 1.807) is 4.52 Å². The van der Waals surface area contributed by atoms with Crippen LogP contribution in [0.25, 0.3) is 5.65 Å². The fraction of sp³-hybridized carbons (Fsp3) is 0.500. The molecule has 17 heavy (non-hydrogen) atoms. The molecule has 0 aliphatic carbocycles. The van der Waals surface area contributed by atoms with Gasteiger partial charge in [0, 0.05) is 12.7 Å². The van der Waals surface area contributed by atoms with Crippen molar-refractivity contribution in [2.75, 3.05) is 11.9 Å². The molecule has 0 bridgehead atoms. The number of nitrogens with one attached hydrogen (secondary N) is 1. The predicted molar refractivity (Wildman–Crippen MR) is 69.0 cm³/mol. The average molecular weight is 233 g/mol. The number of hydrogen-bond acceptors (Lipinski definition) is 4. The van der Waals surface area contributed by atoms with Gasteiger partial charge in [0.1, 0.15) is 0 Å². The van der Waals surface area contributed by atoms with Crippen molar-refractivity contribution in [1.29, 1.82) is 0 Å². The maximum Gasteiger partial charge on any atom is 0.243 e. The Hall–Kier alpha value is -1.62. The highest BCUT2D eigenvalue weighted by Gasteiger charge is 2.25. The minimum atomic E-state index is -0.106. The number of pyridine rings is 1. The Bertz CT molecular complexity index is 445. The van der Waals surface area contributed by atoms with Crippen molar-refractivity contribution in [1.82, 2.24) is 14.6 Å². The summed E-state index contributed by atoms with van der Waals surface area (Å²) in [5.74, 6) is 0.644. The third-order valence-corrected chi connectivity index (χ3v) is 3.36.